The first kappa shape index (κ1) is 21.7. The van der Waals surface area contributed by atoms with E-state index in [4.69, 9.17) is 4.74 Å². The highest BCUT2D eigenvalue weighted by molar-refractivity contribution is 7.09. The highest BCUT2D eigenvalue weighted by atomic mass is 32.1. The van der Waals surface area contributed by atoms with Crippen LogP contribution in [0, 0.1) is 5.92 Å². The number of aromatic nitrogens is 1. The Morgan fingerprint density at radius 2 is 1.80 bits per heavy atom. The first-order valence-corrected chi connectivity index (χ1v) is 12.4. The van der Waals surface area contributed by atoms with Gasteiger partial charge in [-0.2, -0.15) is 0 Å². The third kappa shape index (κ3) is 5.59. The number of thiazole rings is 1. The van der Waals surface area contributed by atoms with Crippen LogP contribution in [0.15, 0.2) is 5.38 Å². The molecule has 0 aromatic carbocycles. The van der Waals surface area contributed by atoms with E-state index in [1.807, 2.05) is 5.38 Å². The molecule has 1 saturated carbocycles. The number of carbonyl (C=O) groups excluding carboxylic acids is 2. The lowest BCUT2D eigenvalue weighted by Gasteiger charge is -2.34. The molecule has 1 aromatic heterocycles. The Hall–Kier alpha value is -1.51. The first-order valence-electron chi connectivity index (χ1n) is 11.5. The lowest BCUT2D eigenvalue weighted by atomic mass is 9.87. The SMILES string of the molecule is O=C(NCCN1CCOCC1)c1csc(C2CCN(C(=O)C3CCCCC3)CC2)n1. The standard InChI is InChI=1S/C22H34N4O3S/c27-20(23-8-11-25-12-14-29-15-13-25)19-16-30-21(24-19)17-6-9-26(10-7-17)22(28)18-4-2-1-3-5-18/h16-18H,1-15H2,(H,23,27). The fourth-order valence-corrected chi connectivity index (χ4v) is 5.75. The zero-order valence-electron chi connectivity index (χ0n) is 17.8. The van der Waals surface area contributed by atoms with Gasteiger partial charge in [-0.05, 0) is 25.7 Å². The second kappa shape index (κ2) is 10.7. The van der Waals surface area contributed by atoms with Crippen molar-refractivity contribution in [2.75, 3.05) is 52.5 Å². The number of ether oxygens (including phenoxy) is 1. The number of piperidine rings is 1. The zero-order chi connectivity index (χ0) is 20.8. The van der Waals surface area contributed by atoms with Crippen LogP contribution in [0.5, 0.6) is 0 Å². The fraction of sp³-hybridized carbons (Fsp3) is 0.773. The molecule has 8 heteroatoms. The summed E-state index contributed by atoms with van der Waals surface area (Å²) >= 11 is 1.58. The molecule has 3 fully saturated rings. The van der Waals surface area contributed by atoms with E-state index in [2.05, 4.69) is 20.1 Å². The van der Waals surface area contributed by atoms with Crippen molar-refractivity contribution in [3.05, 3.63) is 16.1 Å². The van der Waals surface area contributed by atoms with Crippen molar-refractivity contribution in [1.82, 2.24) is 20.1 Å². The number of nitrogens with one attached hydrogen (secondary N) is 1. The molecule has 7 nitrogen and oxygen atoms in total. The van der Waals surface area contributed by atoms with Crippen LogP contribution in [0.3, 0.4) is 0 Å². The Morgan fingerprint density at radius 3 is 2.53 bits per heavy atom. The molecular formula is C22H34N4O3S. The summed E-state index contributed by atoms with van der Waals surface area (Å²) < 4.78 is 5.35. The number of amides is 2. The average Bonchev–Trinajstić information content (AvgIpc) is 3.30. The molecule has 0 unspecified atom stereocenters. The topological polar surface area (TPSA) is 74.8 Å². The van der Waals surface area contributed by atoms with E-state index in [0.29, 0.717) is 24.1 Å². The highest BCUT2D eigenvalue weighted by Crippen LogP contribution is 2.32. The van der Waals surface area contributed by atoms with Crippen molar-refractivity contribution in [2.45, 2.75) is 50.9 Å². The molecule has 30 heavy (non-hydrogen) atoms. The van der Waals surface area contributed by atoms with E-state index in [0.717, 1.165) is 76.6 Å². The molecule has 0 radical (unpaired) electrons. The van der Waals surface area contributed by atoms with E-state index >= 15 is 0 Å². The number of hydrogen-bond donors (Lipinski definition) is 1. The van der Waals surface area contributed by atoms with Gasteiger partial charge in [0.2, 0.25) is 5.91 Å². The Bertz CT molecular complexity index is 705. The number of nitrogens with zero attached hydrogens (tertiary/aromatic N) is 3. The molecule has 4 rings (SSSR count). The molecule has 3 heterocycles. The normalized spacial score (nSPS) is 22.2. The monoisotopic (exact) mass is 434 g/mol. The van der Waals surface area contributed by atoms with Crippen LogP contribution < -0.4 is 5.32 Å². The van der Waals surface area contributed by atoms with Crippen molar-refractivity contribution in [2.24, 2.45) is 5.92 Å². The van der Waals surface area contributed by atoms with Crippen LogP contribution in [0.25, 0.3) is 0 Å². The van der Waals surface area contributed by atoms with Crippen LogP contribution in [-0.2, 0) is 9.53 Å². The first-order chi connectivity index (χ1) is 14.7. The van der Waals surface area contributed by atoms with Gasteiger partial charge >= 0.3 is 0 Å². The van der Waals surface area contributed by atoms with Gasteiger partial charge in [0, 0.05) is 56.5 Å². The van der Waals surface area contributed by atoms with Gasteiger partial charge in [-0.1, -0.05) is 19.3 Å². The summed E-state index contributed by atoms with van der Waals surface area (Å²) in [6.45, 7) is 6.52. The largest absolute Gasteiger partial charge is 0.379 e. The van der Waals surface area contributed by atoms with Crippen LogP contribution >= 0.6 is 11.3 Å². The molecule has 166 valence electrons. The van der Waals surface area contributed by atoms with Crippen molar-refractivity contribution in [3.8, 4) is 0 Å². The summed E-state index contributed by atoms with van der Waals surface area (Å²) in [5, 5.41) is 5.90. The lowest BCUT2D eigenvalue weighted by Crippen LogP contribution is -2.42. The molecule has 1 aromatic rings. The van der Waals surface area contributed by atoms with E-state index in [1.165, 1.54) is 19.3 Å². The molecule has 2 aliphatic heterocycles. The van der Waals surface area contributed by atoms with Gasteiger partial charge < -0.3 is 15.0 Å². The number of hydrogen-bond acceptors (Lipinski definition) is 6. The van der Waals surface area contributed by atoms with Gasteiger partial charge in [-0.15, -0.1) is 11.3 Å². The maximum atomic E-state index is 12.8. The summed E-state index contributed by atoms with van der Waals surface area (Å²) in [6, 6.07) is 0. The van der Waals surface area contributed by atoms with Crippen LogP contribution in [0.1, 0.15) is 66.4 Å². The molecule has 2 saturated heterocycles. The van der Waals surface area contributed by atoms with E-state index in [9.17, 15) is 9.59 Å². The van der Waals surface area contributed by atoms with Gasteiger partial charge in [-0.3, -0.25) is 14.5 Å². The van der Waals surface area contributed by atoms with Gasteiger partial charge in [-0.25, -0.2) is 4.98 Å². The number of likely N-dealkylation sites (tertiary alicyclic amines) is 1. The summed E-state index contributed by atoms with van der Waals surface area (Å²) in [4.78, 5) is 34.2. The Balaban J connectivity index is 1.21. The van der Waals surface area contributed by atoms with Gasteiger partial charge in [0.25, 0.3) is 5.91 Å². The minimum absolute atomic E-state index is 0.0873. The van der Waals surface area contributed by atoms with Crippen LogP contribution in [0.4, 0.5) is 0 Å². The third-order valence-corrected chi connectivity index (χ3v) is 7.69. The van der Waals surface area contributed by atoms with Crippen LogP contribution in [0.2, 0.25) is 0 Å². The molecule has 1 aliphatic carbocycles. The minimum Gasteiger partial charge on any atom is -0.379 e. The van der Waals surface area contributed by atoms with Crippen molar-refractivity contribution >= 4 is 23.2 Å². The molecule has 1 N–H and O–H groups in total. The van der Waals surface area contributed by atoms with E-state index < -0.39 is 0 Å². The molecule has 3 aliphatic rings. The van der Waals surface area contributed by atoms with E-state index in [1.54, 1.807) is 11.3 Å². The van der Waals surface area contributed by atoms with Crippen molar-refractivity contribution < 1.29 is 14.3 Å². The van der Waals surface area contributed by atoms with Crippen molar-refractivity contribution in [3.63, 3.8) is 0 Å². The Labute approximate surface area is 183 Å². The maximum Gasteiger partial charge on any atom is 0.270 e. The third-order valence-electron chi connectivity index (χ3n) is 6.68. The smallest absolute Gasteiger partial charge is 0.270 e. The number of carbonyl (C=O) groups is 2. The second-order valence-electron chi connectivity index (χ2n) is 8.72. The molecular weight excluding hydrogens is 400 g/mol. The zero-order valence-corrected chi connectivity index (χ0v) is 18.6. The Morgan fingerprint density at radius 1 is 1.07 bits per heavy atom. The summed E-state index contributed by atoms with van der Waals surface area (Å²) in [7, 11) is 0. The van der Waals surface area contributed by atoms with Gasteiger partial charge in [0.1, 0.15) is 5.69 Å². The van der Waals surface area contributed by atoms with Crippen LogP contribution in [-0.4, -0.2) is 79.1 Å². The molecule has 0 spiro atoms. The molecule has 0 bridgehead atoms. The summed E-state index contributed by atoms with van der Waals surface area (Å²) in [5.74, 6) is 0.895. The predicted octanol–water partition coefficient (Wildman–Crippen LogP) is 2.49. The molecule has 0 atom stereocenters. The predicted molar refractivity (Wildman–Crippen MR) is 117 cm³/mol. The lowest BCUT2D eigenvalue weighted by molar-refractivity contribution is -0.137. The average molecular weight is 435 g/mol. The number of rotatable bonds is 6. The summed E-state index contributed by atoms with van der Waals surface area (Å²) in [5.41, 5.74) is 0.526. The highest BCUT2D eigenvalue weighted by Gasteiger charge is 2.30. The number of morpholine rings is 1. The fourth-order valence-electron chi connectivity index (χ4n) is 4.78. The van der Waals surface area contributed by atoms with Gasteiger partial charge in [0.15, 0.2) is 0 Å². The maximum absolute atomic E-state index is 12.8. The van der Waals surface area contributed by atoms with Crippen molar-refractivity contribution in [1.29, 1.82) is 0 Å². The van der Waals surface area contributed by atoms with Gasteiger partial charge in [0.05, 0.1) is 18.2 Å². The quantitative estimate of drug-likeness (QED) is 0.745. The van der Waals surface area contributed by atoms with E-state index in [-0.39, 0.29) is 11.8 Å². The summed E-state index contributed by atoms with van der Waals surface area (Å²) in [6.07, 6.45) is 7.70. The minimum atomic E-state index is -0.0873. The molecule has 2 amide bonds. The second-order valence-corrected chi connectivity index (χ2v) is 9.61. The Kier molecular flexibility index (Phi) is 7.73.